The van der Waals surface area contributed by atoms with Crippen LogP contribution in [0.2, 0.25) is 0 Å². The van der Waals surface area contributed by atoms with Crippen molar-refractivity contribution in [2.24, 2.45) is 0 Å². The number of nitrogens with two attached hydrogens (primary N) is 1. The SMILES string of the molecule is Nc1ncc(-c2ncc(-c3ccccc3S(=O)(=O)NCCO)cc2F)cn1. The van der Waals surface area contributed by atoms with Gasteiger partial charge in [0.05, 0.1) is 11.5 Å². The first-order valence-electron chi connectivity index (χ1n) is 7.86. The van der Waals surface area contributed by atoms with Crippen LogP contribution in [0.25, 0.3) is 22.4 Å². The number of nitrogens with zero attached hydrogens (tertiary/aromatic N) is 3. The highest BCUT2D eigenvalue weighted by Crippen LogP contribution is 2.29. The third-order valence-corrected chi connectivity index (χ3v) is 5.20. The van der Waals surface area contributed by atoms with Crippen LogP contribution in [0.15, 0.2) is 53.8 Å². The van der Waals surface area contributed by atoms with Gasteiger partial charge in [-0.25, -0.2) is 27.5 Å². The Morgan fingerprint density at radius 2 is 1.74 bits per heavy atom. The van der Waals surface area contributed by atoms with Crippen molar-refractivity contribution in [3.8, 4) is 22.4 Å². The molecule has 0 aliphatic rings. The zero-order valence-corrected chi connectivity index (χ0v) is 14.8. The van der Waals surface area contributed by atoms with Gasteiger partial charge >= 0.3 is 0 Å². The van der Waals surface area contributed by atoms with E-state index >= 15 is 0 Å². The predicted octanol–water partition coefficient (Wildman–Crippen LogP) is 1.20. The van der Waals surface area contributed by atoms with E-state index < -0.39 is 15.8 Å². The van der Waals surface area contributed by atoms with Crippen LogP contribution in [0.3, 0.4) is 0 Å². The number of sulfonamides is 1. The zero-order chi connectivity index (χ0) is 19.4. The third kappa shape index (κ3) is 4.08. The molecule has 0 spiro atoms. The number of hydrogen-bond donors (Lipinski definition) is 3. The van der Waals surface area contributed by atoms with Gasteiger partial charge in [0, 0.05) is 41.8 Å². The van der Waals surface area contributed by atoms with Gasteiger partial charge in [0.1, 0.15) is 11.5 Å². The Labute approximate surface area is 155 Å². The fourth-order valence-electron chi connectivity index (χ4n) is 2.46. The van der Waals surface area contributed by atoms with Gasteiger partial charge in [-0.15, -0.1) is 0 Å². The van der Waals surface area contributed by atoms with Gasteiger partial charge in [0.15, 0.2) is 0 Å². The van der Waals surface area contributed by atoms with Gasteiger partial charge in [-0.2, -0.15) is 0 Å². The predicted molar refractivity (Wildman–Crippen MR) is 97.3 cm³/mol. The van der Waals surface area contributed by atoms with Crippen molar-refractivity contribution in [1.82, 2.24) is 19.7 Å². The van der Waals surface area contributed by atoms with Crippen molar-refractivity contribution >= 4 is 16.0 Å². The molecule has 4 N–H and O–H groups in total. The molecule has 2 heterocycles. The molecule has 3 rings (SSSR count). The Kier molecular flexibility index (Phi) is 5.40. The fourth-order valence-corrected chi connectivity index (χ4v) is 3.70. The fraction of sp³-hybridized carbons (Fsp3) is 0.118. The number of anilines is 1. The molecule has 0 unspecified atom stereocenters. The summed E-state index contributed by atoms with van der Waals surface area (Å²) in [5, 5.41) is 8.85. The minimum Gasteiger partial charge on any atom is -0.395 e. The maximum absolute atomic E-state index is 14.6. The average Bonchev–Trinajstić information content (AvgIpc) is 2.67. The highest BCUT2D eigenvalue weighted by molar-refractivity contribution is 7.89. The molecule has 27 heavy (non-hydrogen) atoms. The lowest BCUT2D eigenvalue weighted by Gasteiger charge is -2.12. The van der Waals surface area contributed by atoms with Crippen LogP contribution < -0.4 is 10.5 Å². The van der Waals surface area contributed by atoms with Crippen LogP contribution in [0.4, 0.5) is 10.3 Å². The number of nitrogens with one attached hydrogen (secondary N) is 1. The zero-order valence-electron chi connectivity index (χ0n) is 14.0. The van der Waals surface area contributed by atoms with E-state index in [4.69, 9.17) is 10.8 Å². The molecule has 2 aromatic heterocycles. The lowest BCUT2D eigenvalue weighted by Crippen LogP contribution is -2.27. The Balaban J connectivity index is 2.03. The number of hydrogen-bond acceptors (Lipinski definition) is 7. The number of nitrogen functional groups attached to an aromatic ring is 1. The van der Waals surface area contributed by atoms with Crippen LogP contribution in [0.1, 0.15) is 0 Å². The second-order valence-corrected chi connectivity index (χ2v) is 7.24. The molecule has 0 aliphatic carbocycles. The van der Waals surface area contributed by atoms with Gasteiger partial charge < -0.3 is 10.8 Å². The Morgan fingerprint density at radius 3 is 2.41 bits per heavy atom. The van der Waals surface area contributed by atoms with Gasteiger partial charge in [-0.05, 0) is 12.1 Å². The molecule has 0 saturated heterocycles. The smallest absolute Gasteiger partial charge is 0.241 e. The highest BCUT2D eigenvalue weighted by atomic mass is 32.2. The van der Waals surface area contributed by atoms with Crippen molar-refractivity contribution in [2.45, 2.75) is 4.90 Å². The largest absolute Gasteiger partial charge is 0.395 e. The first kappa shape index (κ1) is 18.8. The summed E-state index contributed by atoms with van der Waals surface area (Å²) in [6, 6.07) is 7.34. The van der Waals surface area contributed by atoms with Crippen molar-refractivity contribution in [3.63, 3.8) is 0 Å². The Morgan fingerprint density at radius 1 is 1.07 bits per heavy atom. The van der Waals surface area contributed by atoms with Crippen molar-refractivity contribution in [2.75, 3.05) is 18.9 Å². The first-order chi connectivity index (χ1) is 12.9. The Hall–Kier alpha value is -2.95. The van der Waals surface area contributed by atoms with E-state index in [0.29, 0.717) is 5.56 Å². The minimum absolute atomic E-state index is 0.0255. The molecule has 0 bridgehead atoms. The summed E-state index contributed by atoms with van der Waals surface area (Å²) in [6.45, 7) is -0.463. The third-order valence-electron chi connectivity index (χ3n) is 3.68. The number of aliphatic hydroxyl groups excluding tert-OH is 1. The van der Waals surface area contributed by atoms with Crippen LogP contribution in [0.5, 0.6) is 0 Å². The molecule has 0 aliphatic heterocycles. The summed E-state index contributed by atoms with van der Waals surface area (Å²) in [6.07, 6.45) is 4.07. The molecule has 0 atom stereocenters. The van der Waals surface area contributed by atoms with E-state index in [1.54, 1.807) is 18.2 Å². The van der Waals surface area contributed by atoms with E-state index in [9.17, 15) is 12.8 Å². The van der Waals surface area contributed by atoms with Crippen molar-refractivity contribution < 1.29 is 17.9 Å². The molecule has 140 valence electrons. The lowest BCUT2D eigenvalue weighted by atomic mass is 10.1. The molecular formula is C17H16FN5O3S. The van der Waals surface area contributed by atoms with Crippen LogP contribution in [-0.4, -0.2) is 41.6 Å². The van der Waals surface area contributed by atoms with Crippen molar-refractivity contribution in [3.05, 3.63) is 54.7 Å². The number of pyridine rings is 1. The van der Waals surface area contributed by atoms with Crippen molar-refractivity contribution in [1.29, 1.82) is 0 Å². The standard InChI is InChI=1S/C17H16FN5O3S/c18-14-7-11(8-20-16(14)12-9-21-17(19)22-10-12)13-3-1-2-4-15(13)27(25,26)23-5-6-24/h1-4,7-10,23-24H,5-6H2,(H2,19,21,22). The van der Waals surface area contributed by atoms with Crippen LogP contribution >= 0.6 is 0 Å². The van der Waals surface area contributed by atoms with E-state index in [0.717, 1.165) is 0 Å². The van der Waals surface area contributed by atoms with Crippen LogP contribution in [-0.2, 0) is 10.0 Å². The lowest BCUT2D eigenvalue weighted by molar-refractivity contribution is 0.301. The molecule has 0 saturated carbocycles. The summed E-state index contributed by atoms with van der Waals surface area (Å²) >= 11 is 0. The number of aliphatic hydroxyl groups is 1. The van der Waals surface area contributed by atoms with E-state index in [-0.39, 0.29) is 40.8 Å². The van der Waals surface area contributed by atoms with E-state index in [2.05, 4.69) is 19.7 Å². The summed E-state index contributed by atoms with van der Waals surface area (Å²) < 4.78 is 41.7. The number of aromatic nitrogens is 3. The summed E-state index contributed by atoms with van der Waals surface area (Å²) in [5.41, 5.74) is 6.37. The topological polar surface area (TPSA) is 131 Å². The van der Waals surface area contributed by atoms with E-state index in [1.165, 1.54) is 30.7 Å². The maximum Gasteiger partial charge on any atom is 0.241 e. The summed E-state index contributed by atoms with van der Waals surface area (Å²) in [4.78, 5) is 11.7. The highest BCUT2D eigenvalue weighted by Gasteiger charge is 2.20. The molecule has 0 radical (unpaired) electrons. The van der Waals surface area contributed by atoms with Gasteiger partial charge in [0.25, 0.3) is 0 Å². The van der Waals surface area contributed by atoms with E-state index in [1.807, 2.05) is 0 Å². The molecule has 3 aromatic rings. The Bertz CT molecular complexity index is 1060. The van der Waals surface area contributed by atoms with Crippen LogP contribution in [0, 0.1) is 5.82 Å². The molecule has 1 aromatic carbocycles. The van der Waals surface area contributed by atoms with Gasteiger partial charge in [-0.1, -0.05) is 18.2 Å². The quantitative estimate of drug-likeness (QED) is 0.577. The molecule has 10 heteroatoms. The molecular weight excluding hydrogens is 373 g/mol. The second-order valence-electron chi connectivity index (χ2n) is 5.50. The maximum atomic E-state index is 14.6. The minimum atomic E-state index is -3.88. The number of rotatable bonds is 6. The normalized spacial score (nSPS) is 11.5. The summed E-state index contributed by atoms with van der Waals surface area (Å²) in [5.74, 6) is -0.596. The second kappa shape index (κ2) is 7.74. The molecule has 0 fully saturated rings. The molecule has 8 nitrogen and oxygen atoms in total. The van der Waals surface area contributed by atoms with Gasteiger partial charge in [0.2, 0.25) is 16.0 Å². The monoisotopic (exact) mass is 389 g/mol. The number of halogens is 1. The number of benzene rings is 1. The van der Waals surface area contributed by atoms with Gasteiger partial charge in [-0.3, -0.25) is 4.98 Å². The average molecular weight is 389 g/mol. The first-order valence-corrected chi connectivity index (χ1v) is 9.34. The molecule has 0 amide bonds. The summed E-state index contributed by atoms with van der Waals surface area (Å²) in [7, 11) is -3.88.